The highest BCUT2D eigenvalue weighted by molar-refractivity contribution is 6.91. The van der Waals surface area contributed by atoms with Gasteiger partial charge in [-0.05, 0) is 24.1 Å². The Bertz CT molecular complexity index is 634. The van der Waals surface area contributed by atoms with Gasteiger partial charge in [-0.3, -0.25) is 0 Å². The zero-order valence-corrected chi connectivity index (χ0v) is 15.5. The molecule has 120 valence electrons. The molecular formula is C19H25BO2Si. The van der Waals surface area contributed by atoms with Crippen LogP contribution < -0.4 is 14.5 Å². The number of hydrogen-bond acceptors (Lipinski definition) is 2. The van der Waals surface area contributed by atoms with Crippen LogP contribution >= 0.6 is 0 Å². The fraction of sp³-hybridized carbons (Fsp3) is 0.368. The first kappa shape index (κ1) is 16.2. The molecule has 0 spiro atoms. The van der Waals surface area contributed by atoms with Crippen molar-refractivity contribution < 1.29 is 9.31 Å². The Morgan fingerprint density at radius 3 is 1.96 bits per heavy atom. The summed E-state index contributed by atoms with van der Waals surface area (Å²) in [5.41, 5.74) is 0.663. The first-order chi connectivity index (χ1) is 11.0. The van der Waals surface area contributed by atoms with Crippen molar-refractivity contribution >= 4 is 20.4 Å². The maximum atomic E-state index is 5.98. The fourth-order valence-corrected chi connectivity index (χ4v) is 5.85. The Morgan fingerprint density at radius 1 is 0.870 bits per heavy atom. The Kier molecular flexibility index (Phi) is 4.53. The van der Waals surface area contributed by atoms with E-state index in [4.69, 9.17) is 9.31 Å². The van der Waals surface area contributed by atoms with Crippen molar-refractivity contribution in [2.75, 3.05) is 0 Å². The Hall–Kier alpha value is -1.68. The van der Waals surface area contributed by atoms with E-state index in [0.717, 1.165) is 17.9 Å². The first-order valence-electron chi connectivity index (χ1n) is 8.46. The minimum absolute atomic E-state index is 0.157. The summed E-state index contributed by atoms with van der Waals surface area (Å²) in [7, 11) is -1.64. The van der Waals surface area contributed by atoms with Crippen LogP contribution in [0.4, 0.5) is 0 Å². The third kappa shape index (κ3) is 3.32. The van der Waals surface area contributed by atoms with E-state index in [1.165, 1.54) is 5.19 Å². The topological polar surface area (TPSA) is 18.5 Å². The Labute approximate surface area is 141 Å². The van der Waals surface area contributed by atoms with Crippen LogP contribution in [0.5, 0.6) is 11.5 Å². The van der Waals surface area contributed by atoms with Gasteiger partial charge < -0.3 is 9.31 Å². The summed E-state index contributed by atoms with van der Waals surface area (Å²) in [5.74, 6) is 2.11. The Balaban J connectivity index is 1.65. The molecule has 1 aliphatic heterocycles. The van der Waals surface area contributed by atoms with Gasteiger partial charge in [0.1, 0.15) is 11.5 Å². The molecule has 0 N–H and O–H groups in total. The highest BCUT2D eigenvalue weighted by Gasteiger charge is 2.40. The van der Waals surface area contributed by atoms with Crippen LogP contribution in [-0.2, 0) is 0 Å². The van der Waals surface area contributed by atoms with E-state index in [9.17, 15) is 0 Å². The van der Waals surface area contributed by atoms with Crippen LogP contribution in [0.3, 0.4) is 0 Å². The van der Waals surface area contributed by atoms with Crippen LogP contribution in [0.2, 0.25) is 24.5 Å². The molecule has 4 heteroatoms. The molecular weight excluding hydrogens is 299 g/mol. The molecule has 1 heterocycles. The van der Waals surface area contributed by atoms with E-state index < -0.39 is 8.07 Å². The van der Waals surface area contributed by atoms with Gasteiger partial charge in [-0.2, -0.15) is 0 Å². The summed E-state index contributed by atoms with van der Waals surface area (Å²) < 4.78 is 12.0. The maximum absolute atomic E-state index is 5.98. The normalized spacial score (nSPS) is 16.3. The molecule has 2 aromatic carbocycles. The molecule has 0 amide bonds. The average Bonchev–Trinajstić information content (AvgIpc) is 2.99. The molecule has 1 aliphatic rings. The molecule has 0 aromatic heterocycles. The summed E-state index contributed by atoms with van der Waals surface area (Å²) in [6.45, 7) is 9.55. The van der Waals surface area contributed by atoms with Gasteiger partial charge in [0.05, 0.1) is 8.07 Å². The average molecular weight is 324 g/mol. The van der Waals surface area contributed by atoms with Gasteiger partial charge in [0, 0.05) is 5.82 Å². The number of rotatable bonds is 5. The zero-order valence-electron chi connectivity index (χ0n) is 14.5. The molecule has 0 radical (unpaired) electrons. The number of fused-ring (bicyclic) bond motifs is 1. The summed E-state index contributed by atoms with van der Waals surface area (Å²) in [4.78, 5) is 0. The SMILES string of the molecule is C[C@H](C[C@H](C)[Si](C)(C)c1ccccc1)B1Oc2ccccc2O1. The molecule has 2 aromatic rings. The van der Waals surface area contributed by atoms with E-state index in [1.54, 1.807) is 0 Å². The van der Waals surface area contributed by atoms with Crippen molar-refractivity contribution in [1.29, 1.82) is 0 Å². The van der Waals surface area contributed by atoms with Crippen molar-refractivity contribution in [3.63, 3.8) is 0 Å². The fourth-order valence-electron chi connectivity index (χ4n) is 3.27. The molecule has 3 rings (SSSR count). The second-order valence-corrected chi connectivity index (χ2v) is 12.3. The third-order valence-electron chi connectivity index (χ3n) is 5.28. The van der Waals surface area contributed by atoms with E-state index in [-0.39, 0.29) is 7.12 Å². The second kappa shape index (κ2) is 6.44. The van der Waals surface area contributed by atoms with Gasteiger partial charge >= 0.3 is 7.12 Å². The highest BCUT2D eigenvalue weighted by atomic mass is 28.3. The van der Waals surface area contributed by atoms with Gasteiger partial charge in [0.15, 0.2) is 0 Å². The van der Waals surface area contributed by atoms with Crippen molar-refractivity contribution in [3.05, 3.63) is 54.6 Å². The molecule has 0 bridgehead atoms. The van der Waals surface area contributed by atoms with Gasteiger partial charge in [-0.25, -0.2) is 0 Å². The largest absolute Gasteiger partial charge is 0.597 e. The molecule has 2 nitrogen and oxygen atoms in total. The molecule has 2 atom stereocenters. The van der Waals surface area contributed by atoms with Crippen molar-refractivity contribution in [3.8, 4) is 11.5 Å². The van der Waals surface area contributed by atoms with E-state index in [0.29, 0.717) is 11.4 Å². The lowest BCUT2D eigenvalue weighted by Crippen LogP contribution is -2.46. The van der Waals surface area contributed by atoms with Gasteiger partial charge in [0.2, 0.25) is 0 Å². The van der Waals surface area contributed by atoms with Crippen LogP contribution in [0, 0.1) is 0 Å². The maximum Gasteiger partial charge on any atom is 0.597 e. The number of benzene rings is 2. The lowest BCUT2D eigenvalue weighted by atomic mass is 9.71. The molecule has 0 unspecified atom stereocenters. The van der Waals surface area contributed by atoms with Crippen LogP contribution in [0.1, 0.15) is 20.3 Å². The number of para-hydroxylation sites is 2. The van der Waals surface area contributed by atoms with Crippen molar-refractivity contribution in [2.45, 2.75) is 44.7 Å². The van der Waals surface area contributed by atoms with Gasteiger partial charge in [-0.15, -0.1) is 0 Å². The number of hydrogen-bond donors (Lipinski definition) is 0. The molecule has 0 fully saturated rings. The minimum Gasteiger partial charge on any atom is -0.523 e. The highest BCUT2D eigenvalue weighted by Crippen LogP contribution is 2.39. The second-order valence-electron chi connectivity index (χ2n) is 7.25. The summed E-state index contributed by atoms with van der Waals surface area (Å²) in [6.07, 6.45) is 1.12. The van der Waals surface area contributed by atoms with Crippen molar-refractivity contribution in [2.24, 2.45) is 0 Å². The monoisotopic (exact) mass is 324 g/mol. The summed E-state index contributed by atoms with van der Waals surface area (Å²) >= 11 is 0. The van der Waals surface area contributed by atoms with Gasteiger partial charge in [-0.1, -0.05) is 74.6 Å². The predicted octanol–water partition coefficient (Wildman–Crippen LogP) is 4.73. The van der Waals surface area contributed by atoms with Crippen molar-refractivity contribution in [1.82, 2.24) is 0 Å². The Morgan fingerprint density at radius 2 is 1.39 bits per heavy atom. The van der Waals surface area contributed by atoms with Crippen LogP contribution in [0.25, 0.3) is 0 Å². The van der Waals surface area contributed by atoms with Gasteiger partial charge in [0.25, 0.3) is 0 Å². The van der Waals surface area contributed by atoms with Crippen LogP contribution in [-0.4, -0.2) is 15.2 Å². The molecule has 0 saturated carbocycles. The lowest BCUT2D eigenvalue weighted by Gasteiger charge is -2.32. The standard InChI is InChI=1S/C19H25BO2Si/c1-15(20-21-18-12-8-9-13-19(18)22-20)14-16(2)23(3,4)17-10-6-5-7-11-17/h5-13,15-16H,14H2,1-4H3/t15-,16+/m1/s1. The molecule has 23 heavy (non-hydrogen) atoms. The predicted molar refractivity (Wildman–Crippen MR) is 100 cm³/mol. The summed E-state index contributed by atoms with van der Waals surface area (Å²) in [5, 5.41) is 1.52. The molecule has 0 aliphatic carbocycles. The summed E-state index contributed by atoms with van der Waals surface area (Å²) in [6, 6.07) is 18.9. The van der Waals surface area contributed by atoms with E-state index in [2.05, 4.69) is 57.3 Å². The third-order valence-corrected chi connectivity index (χ3v) is 9.80. The zero-order chi connectivity index (χ0) is 16.4. The minimum atomic E-state index is -1.49. The van der Waals surface area contributed by atoms with E-state index in [1.807, 2.05) is 24.3 Å². The smallest absolute Gasteiger partial charge is 0.523 e. The quantitative estimate of drug-likeness (QED) is 0.740. The van der Waals surface area contributed by atoms with Crippen LogP contribution in [0.15, 0.2) is 54.6 Å². The lowest BCUT2D eigenvalue weighted by molar-refractivity contribution is 0.465. The van der Waals surface area contributed by atoms with E-state index >= 15 is 0 Å². The first-order valence-corrected chi connectivity index (χ1v) is 11.5. The molecule has 0 saturated heterocycles.